The summed E-state index contributed by atoms with van der Waals surface area (Å²) in [6, 6.07) is 16.3. The number of fused-ring (bicyclic) bond motifs is 1. The summed E-state index contributed by atoms with van der Waals surface area (Å²) in [5.41, 5.74) is 6.30. The molecule has 0 atom stereocenters. The van der Waals surface area contributed by atoms with Crippen LogP contribution < -0.4 is 15.1 Å². The van der Waals surface area contributed by atoms with E-state index in [4.69, 9.17) is 0 Å². The van der Waals surface area contributed by atoms with E-state index in [0.29, 0.717) is 43.1 Å². The SMILES string of the molecule is C=CC(=O)Nc1ccc(C(=O)N2CCN(c3cc(-c4ccc(N5CCN(C)CC5)cc4)cn4ncc(C#N)c34)CC2)nc1. The molecule has 2 aliphatic rings. The maximum Gasteiger partial charge on any atom is 0.272 e. The number of likely N-dealkylation sites (N-methyl/N-ethyl adjacent to an activating group) is 1. The van der Waals surface area contributed by atoms with E-state index in [9.17, 15) is 14.9 Å². The number of piperazine rings is 2. The van der Waals surface area contributed by atoms with Gasteiger partial charge in [-0.1, -0.05) is 18.7 Å². The predicted molar refractivity (Wildman–Crippen MR) is 166 cm³/mol. The van der Waals surface area contributed by atoms with Gasteiger partial charge in [0, 0.05) is 69.8 Å². The van der Waals surface area contributed by atoms with Crippen LogP contribution in [0.5, 0.6) is 0 Å². The number of nitrogens with one attached hydrogen (secondary N) is 1. The van der Waals surface area contributed by atoms with Crippen LogP contribution in [0, 0.1) is 11.3 Å². The third-order valence-corrected chi connectivity index (χ3v) is 8.12. The largest absolute Gasteiger partial charge is 0.369 e. The van der Waals surface area contributed by atoms with E-state index in [2.05, 4.69) is 80.1 Å². The number of amides is 2. The molecule has 2 amide bonds. The molecule has 5 heterocycles. The Bertz CT molecular complexity index is 1690. The average Bonchev–Trinajstić information content (AvgIpc) is 3.48. The predicted octanol–water partition coefficient (Wildman–Crippen LogP) is 3.11. The highest BCUT2D eigenvalue weighted by atomic mass is 16.2. The lowest BCUT2D eigenvalue weighted by Gasteiger charge is -2.36. The molecule has 0 aliphatic carbocycles. The van der Waals surface area contributed by atoms with Gasteiger partial charge in [-0.25, -0.2) is 9.50 Å². The monoisotopic (exact) mass is 575 g/mol. The molecule has 2 fully saturated rings. The first-order valence-electron chi connectivity index (χ1n) is 14.3. The van der Waals surface area contributed by atoms with Gasteiger partial charge in [-0.05, 0) is 49.0 Å². The van der Waals surface area contributed by atoms with Gasteiger partial charge in [0.25, 0.3) is 5.91 Å². The molecule has 11 nitrogen and oxygen atoms in total. The molecule has 1 N–H and O–H groups in total. The van der Waals surface area contributed by atoms with Gasteiger partial charge in [0.1, 0.15) is 17.3 Å². The van der Waals surface area contributed by atoms with Crippen molar-refractivity contribution in [3.8, 4) is 17.2 Å². The molecule has 3 aromatic heterocycles. The second-order valence-electron chi connectivity index (χ2n) is 10.8. The van der Waals surface area contributed by atoms with E-state index >= 15 is 0 Å². The van der Waals surface area contributed by atoms with Gasteiger partial charge >= 0.3 is 0 Å². The van der Waals surface area contributed by atoms with Crippen molar-refractivity contribution in [1.82, 2.24) is 24.4 Å². The van der Waals surface area contributed by atoms with Crippen LogP contribution in [0.25, 0.3) is 16.6 Å². The smallest absolute Gasteiger partial charge is 0.272 e. The van der Waals surface area contributed by atoms with Crippen molar-refractivity contribution >= 4 is 34.4 Å². The standard InChI is InChI=1S/C32H33N9O2/c1-3-30(42)36-26-6-9-28(34-21-26)32(43)40-16-14-39(15-17-40)29-18-24(22-41-31(29)25(19-33)20-35-41)23-4-7-27(8-5-23)38-12-10-37(2)11-13-38/h3-9,18,20-22H,1,10-17H2,2H3,(H,36,42). The third kappa shape index (κ3) is 5.78. The van der Waals surface area contributed by atoms with Crippen LogP contribution in [0.15, 0.2) is 73.7 Å². The van der Waals surface area contributed by atoms with Gasteiger partial charge in [-0.15, -0.1) is 0 Å². The molecular formula is C32H33N9O2. The number of carbonyl (C=O) groups is 2. The van der Waals surface area contributed by atoms with E-state index in [1.807, 2.05) is 6.20 Å². The number of nitriles is 1. The van der Waals surface area contributed by atoms with Gasteiger partial charge < -0.3 is 24.9 Å². The molecule has 0 spiro atoms. The number of pyridine rings is 2. The zero-order chi connectivity index (χ0) is 29.9. The fraction of sp³-hybridized carbons (Fsp3) is 0.281. The number of hydrogen-bond donors (Lipinski definition) is 1. The number of anilines is 3. The summed E-state index contributed by atoms with van der Waals surface area (Å²) in [6.45, 7) is 9.76. The van der Waals surface area contributed by atoms with Gasteiger partial charge in [0.2, 0.25) is 5.91 Å². The van der Waals surface area contributed by atoms with Crippen molar-refractivity contribution in [2.45, 2.75) is 0 Å². The summed E-state index contributed by atoms with van der Waals surface area (Å²) in [4.78, 5) is 37.7. The molecule has 0 saturated carbocycles. The Morgan fingerprint density at radius 2 is 1.65 bits per heavy atom. The number of hydrogen-bond acceptors (Lipinski definition) is 8. The molecule has 11 heteroatoms. The molecule has 1 aromatic carbocycles. The van der Waals surface area contributed by atoms with E-state index in [1.165, 1.54) is 18.0 Å². The topological polar surface area (TPSA) is 113 Å². The van der Waals surface area contributed by atoms with Crippen molar-refractivity contribution in [1.29, 1.82) is 5.26 Å². The highest BCUT2D eigenvalue weighted by Crippen LogP contribution is 2.32. The van der Waals surface area contributed by atoms with Gasteiger partial charge in [0.15, 0.2) is 0 Å². The Morgan fingerprint density at radius 3 is 2.30 bits per heavy atom. The molecule has 0 unspecified atom stereocenters. The van der Waals surface area contributed by atoms with Gasteiger partial charge in [0.05, 0.1) is 29.3 Å². The van der Waals surface area contributed by atoms with Crippen LogP contribution in [0.4, 0.5) is 17.1 Å². The Labute approximate surface area is 250 Å². The summed E-state index contributed by atoms with van der Waals surface area (Å²) in [5, 5.41) is 16.9. The van der Waals surface area contributed by atoms with Crippen molar-refractivity contribution in [2.24, 2.45) is 0 Å². The number of carbonyl (C=O) groups excluding carboxylic acids is 2. The zero-order valence-electron chi connectivity index (χ0n) is 24.1. The van der Waals surface area contributed by atoms with Gasteiger partial charge in [-0.3, -0.25) is 9.59 Å². The van der Waals surface area contributed by atoms with E-state index < -0.39 is 0 Å². The molecule has 0 bridgehead atoms. The number of benzene rings is 1. The minimum Gasteiger partial charge on any atom is -0.369 e. The minimum atomic E-state index is -0.337. The van der Waals surface area contributed by atoms with E-state index in [-0.39, 0.29) is 11.8 Å². The highest BCUT2D eigenvalue weighted by Gasteiger charge is 2.26. The second kappa shape index (κ2) is 12.0. The van der Waals surface area contributed by atoms with Crippen molar-refractivity contribution in [2.75, 3.05) is 74.5 Å². The fourth-order valence-corrected chi connectivity index (χ4v) is 5.61. The molecule has 0 radical (unpaired) electrons. The maximum absolute atomic E-state index is 13.2. The zero-order valence-corrected chi connectivity index (χ0v) is 24.1. The Balaban J connectivity index is 1.20. The quantitative estimate of drug-likeness (QED) is 0.349. The van der Waals surface area contributed by atoms with Crippen molar-refractivity contribution in [3.05, 3.63) is 85.0 Å². The van der Waals surface area contributed by atoms with Crippen LogP contribution in [-0.4, -0.2) is 95.6 Å². The second-order valence-corrected chi connectivity index (χ2v) is 10.8. The van der Waals surface area contributed by atoms with Gasteiger partial charge in [-0.2, -0.15) is 10.4 Å². The van der Waals surface area contributed by atoms with Crippen molar-refractivity contribution < 1.29 is 9.59 Å². The lowest BCUT2D eigenvalue weighted by molar-refractivity contribution is -0.111. The maximum atomic E-state index is 13.2. The Kier molecular flexibility index (Phi) is 7.77. The molecule has 6 rings (SSSR count). The molecular weight excluding hydrogens is 542 g/mol. The van der Waals surface area contributed by atoms with Crippen LogP contribution >= 0.6 is 0 Å². The Hall–Kier alpha value is -5.21. The highest BCUT2D eigenvalue weighted by molar-refractivity contribution is 5.99. The first-order chi connectivity index (χ1) is 20.9. The first kappa shape index (κ1) is 27.9. The molecule has 4 aromatic rings. The lowest BCUT2D eigenvalue weighted by Crippen LogP contribution is -2.49. The molecule has 2 aliphatic heterocycles. The summed E-state index contributed by atoms with van der Waals surface area (Å²) in [7, 11) is 2.16. The molecule has 218 valence electrons. The molecule has 43 heavy (non-hydrogen) atoms. The third-order valence-electron chi connectivity index (χ3n) is 8.12. The Morgan fingerprint density at radius 1 is 0.930 bits per heavy atom. The summed E-state index contributed by atoms with van der Waals surface area (Å²) < 4.78 is 1.78. The number of aromatic nitrogens is 3. The van der Waals surface area contributed by atoms with E-state index in [0.717, 1.165) is 48.5 Å². The minimum absolute atomic E-state index is 0.164. The summed E-state index contributed by atoms with van der Waals surface area (Å²) >= 11 is 0. The average molecular weight is 576 g/mol. The van der Waals surface area contributed by atoms with Crippen LogP contribution in [0.2, 0.25) is 0 Å². The summed E-state index contributed by atoms with van der Waals surface area (Å²) in [5.74, 6) is -0.502. The van der Waals surface area contributed by atoms with Crippen molar-refractivity contribution in [3.63, 3.8) is 0 Å². The summed E-state index contributed by atoms with van der Waals surface area (Å²) in [6.07, 6.45) is 6.22. The van der Waals surface area contributed by atoms with Crippen LogP contribution in [0.3, 0.4) is 0 Å². The van der Waals surface area contributed by atoms with Crippen LogP contribution in [0.1, 0.15) is 16.1 Å². The van der Waals surface area contributed by atoms with E-state index in [1.54, 1.807) is 27.7 Å². The first-order valence-corrected chi connectivity index (χ1v) is 14.3. The normalized spacial score (nSPS) is 15.8. The lowest BCUT2D eigenvalue weighted by atomic mass is 10.0. The number of nitrogens with zero attached hydrogens (tertiary/aromatic N) is 8. The molecule has 2 saturated heterocycles. The number of rotatable bonds is 6. The fourth-order valence-electron chi connectivity index (χ4n) is 5.61. The van der Waals surface area contributed by atoms with Crippen LogP contribution in [-0.2, 0) is 4.79 Å².